The molecule has 0 aliphatic carbocycles. The summed E-state index contributed by atoms with van der Waals surface area (Å²) in [5, 5.41) is 11.5. The second-order valence-corrected chi connectivity index (χ2v) is 5.79. The maximum atomic E-state index is 8.96. The van der Waals surface area contributed by atoms with Gasteiger partial charge >= 0.3 is 0 Å². The highest BCUT2D eigenvalue weighted by molar-refractivity contribution is 5.93. The van der Waals surface area contributed by atoms with Crippen LogP contribution in [0.3, 0.4) is 0 Å². The molecular formula is C23H19N. The average molecular weight is 309 g/mol. The quantitative estimate of drug-likeness (QED) is 0.421. The minimum absolute atomic E-state index is 0.681. The fourth-order valence-electron chi connectivity index (χ4n) is 2.91. The second-order valence-electron chi connectivity index (χ2n) is 5.79. The van der Waals surface area contributed by atoms with E-state index in [9.17, 15) is 0 Å². The van der Waals surface area contributed by atoms with Gasteiger partial charge in [0.15, 0.2) is 0 Å². The minimum Gasteiger partial charge on any atom is -0.192 e. The highest BCUT2D eigenvalue weighted by atomic mass is 14.2. The van der Waals surface area contributed by atoms with Crippen LogP contribution in [0.25, 0.3) is 22.4 Å². The van der Waals surface area contributed by atoms with E-state index in [0.717, 1.165) is 11.1 Å². The van der Waals surface area contributed by atoms with E-state index >= 15 is 0 Å². The molecule has 3 rings (SSSR count). The molecule has 116 valence electrons. The van der Waals surface area contributed by atoms with Gasteiger partial charge in [0.2, 0.25) is 0 Å². The molecule has 24 heavy (non-hydrogen) atoms. The molecule has 1 heteroatoms. The molecule has 1 nitrogen and oxygen atoms in total. The third-order valence-corrected chi connectivity index (χ3v) is 4.24. The topological polar surface area (TPSA) is 23.8 Å². The largest absolute Gasteiger partial charge is 0.192 e. The molecular weight excluding hydrogens is 290 g/mol. The van der Waals surface area contributed by atoms with Crippen LogP contribution < -0.4 is 0 Å². The number of hydrogen-bond donors (Lipinski definition) is 0. The van der Waals surface area contributed by atoms with Crippen molar-refractivity contribution in [3.05, 3.63) is 95.1 Å². The van der Waals surface area contributed by atoms with Gasteiger partial charge in [0, 0.05) is 0 Å². The molecule has 0 heterocycles. The lowest BCUT2D eigenvalue weighted by atomic mass is 9.96. The number of aryl methyl sites for hydroxylation is 1. The first kappa shape index (κ1) is 15.8. The summed E-state index contributed by atoms with van der Waals surface area (Å²) in [5.74, 6) is 0. The minimum atomic E-state index is 0.681. The monoisotopic (exact) mass is 309 g/mol. The van der Waals surface area contributed by atoms with Crippen LogP contribution in [0.2, 0.25) is 0 Å². The van der Waals surface area contributed by atoms with Crippen molar-refractivity contribution in [3.8, 4) is 6.07 Å². The Morgan fingerprint density at radius 3 is 2.42 bits per heavy atom. The number of rotatable bonds is 3. The number of benzene rings is 3. The van der Waals surface area contributed by atoms with Gasteiger partial charge in [-0.25, -0.2) is 0 Å². The van der Waals surface area contributed by atoms with Crippen LogP contribution in [-0.4, -0.2) is 0 Å². The van der Waals surface area contributed by atoms with E-state index in [1.165, 1.54) is 21.9 Å². The summed E-state index contributed by atoms with van der Waals surface area (Å²) in [5.41, 5.74) is 5.43. The summed E-state index contributed by atoms with van der Waals surface area (Å²) in [4.78, 5) is 0. The van der Waals surface area contributed by atoms with Crippen LogP contribution in [0.1, 0.15) is 29.2 Å². The van der Waals surface area contributed by atoms with Crippen molar-refractivity contribution < 1.29 is 0 Å². The van der Waals surface area contributed by atoms with E-state index in [4.69, 9.17) is 5.26 Å². The van der Waals surface area contributed by atoms with Gasteiger partial charge in [-0.3, -0.25) is 0 Å². The van der Waals surface area contributed by atoms with Crippen molar-refractivity contribution >= 4 is 22.4 Å². The van der Waals surface area contributed by atoms with Crippen LogP contribution in [-0.2, 0) is 0 Å². The van der Waals surface area contributed by atoms with Crippen molar-refractivity contribution in [1.82, 2.24) is 0 Å². The zero-order valence-electron chi connectivity index (χ0n) is 14.0. The lowest BCUT2D eigenvalue weighted by Gasteiger charge is -2.09. The molecule has 0 aromatic heterocycles. The molecule has 0 spiro atoms. The molecule has 3 aromatic carbocycles. The number of allylic oxidation sites excluding steroid dienone is 3. The number of hydrogen-bond acceptors (Lipinski definition) is 1. The van der Waals surface area contributed by atoms with Gasteiger partial charge in [-0.1, -0.05) is 60.7 Å². The Morgan fingerprint density at radius 1 is 0.958 bits per heavy atom. The summed E-state index contributed by atoms with van der Waals surface area (Å²) in [6.07, 6.45) is 6.36. The van der Waals surface area contributed by atoms with Gasteiger partial charge in [-0.05, 0) is 65.1 Å². The standard InChI is InChI=1S/C23H19N/c1-3-6-22(19-11-9-18(16-24)10-12-19)15-21-14-13-20-7-4-5-8-23(20)17(21)2/h3-15H,1-2H3/b6-3+,22-15-. The van der Waals surface area contributed by atoms with Crippen molar-refractivity contribution in [1.29, 1.82) is 5.26 Å². The Kier molecular flexibility index (Phi) is 4.59. The fraction of sp³-hybridized carbons (Fsp3) is 0.0870. The second kappa shape index (κ2) is 6.98. The summed E-state index contributed by atoms with van der Waals surface area (Å²) < 4.78 is 0. The molecule has 0 saturated heterocycles. The smallest absolute Gasteiger partial charge is 0.0991 e. The molecule has 0 unspecified atom stereocenters. The zero-order valence-corrected chi connectivity index (χ0v) is 14.0. The van der Waals surface area contributed by atoms with Gasteiger partial charge in [0.05, 0.1) is 11.6 Å². The van der Waals surface area contributed by atoms with Crippen molar-refractivity contribution in [2.24, 2.45) is 0 Å². The Morgan fingerprint density at radius 2 is 1.71 bits per heavy atom. The normalized spacial score (nSPS) is 11.8. The van der Waals surface area contributed by atoms with Crippen molar-refractivity contribution in [2.45, 2.75) is 13.8 Å². The van der Waals surface area contributed by atoms with E-state index in [1.54, 1.807) is 0 Å². The Bertz CT molecular complexity index is 967. The molecule has 0 aliphatic rings. The number of nitrogens with zero attached hydrogens (tertiary/aromatic N) is 1. The summed E-state index contributed by atoms with van der Waals surface area (Å²) in [6.45, 7) is 4.19. The Labute approximate surface area is 143 Å². The van der Waals surface area contributed by atoms with E-state index in [-0.39, 0.29) is 0 Å². The third-order valence-electron chi connectivity index (χ3n) is 4.24. The summed E-state index contributed by atoms with van der Waals surface area (Å²) in [6, 6.07) is 22.7. The molecule has 0 radical (unpaired) electrons. The van der Waals surface area contributed by atoms with Gasteiger partial charge in [-0.2, -0.15) is 5.26 Å². The van der Waals surface area contributed by atoms with E-state index in [0.29, 0.717) is 5.56 Å². The lowest BCUT2D eigenvalue weighted by molar-refractivity contribution is 1.47. The highest BCUT2D eigenvalue weighted by Crippen LogP contribution is 2.26. The summed E-state index contributed by atoms with van der Waals surface area (Å²) >= 11 is 0. The van der Waals surface area contributed by atoms with E-state index < -0.39 is 0 Å². The van der Waals surface area contributed by atoms with Gasteiger partial charge < -0.3 is 0 Å². The first-order valence-corrected chi connectivity index (χ1v) is 8.06. The molecule has 0 atom stereocenters. The molecule has 0 fully saturated rings. The predicted octanol–water partition coefficient (Wildman–Crippen LogP) is 6.14. The van der Waals surface area contributed by atoms with Crippen LogP contribution >= 0.6 is 0 Å². The molecule has 0 N–H and O–H groups in total. The maximum absolute atomic E-state index is 8.96. The lowest BCUT2D eigenvalue weighted by Crippen LogP contribution is -1.87. The van der Waals surface area contributed by atoms with Crippen molar-refractivity contribution in [3.63, 3.8) is 0 Å². The van der Waals surface area contributed by atoms with Crippen LogP contribution in [0.5, 0.6) is 0 Å². The molecule has 0 saturated carbocycles. The molecule has 3 aromatic rings. The first-order chi connectivity index (χ1) is 11.7. The fourth-order valence-corrected chi connectivity index (χ4v) is 2.91. The zero-order chi connectivity index (χ0) is 16.9. The van der Waals surface area contributed by atoms with E-state index in [2.05, 4.69) is 61.5 Å². The Hall–Kier alpha value is -3.11. The third kappa shape index (κ3) is 3.14. The van der Waals surface area contributed by atoms with Crippen LogP contribution in [0.15, 0.2) is 72.8 Å². The molecule has 0 aliphatic heterocycles. The Balaban J connectivity index is 2.11. The summed E-state index contributed by atoms with van der Waals surface area (Å²) in [7, 11) is 0. The van der Waals surface area contributed by atoms with Crippen LogP contribution in [0.4, 0.5) is 0 Å². The van der Waals surface area contributed by atoms with Crippen molar-refractivity contribution in [2.75, 3.05) is 0 Å². The number of nitriles is 1. The predicted molar refractivity (Wildman–Crippen MR) is 103 cm³/mol. The van der Waals surface area contributed by atoms with Crippen LogP contribution in [0, 0.1) is 18.3 Å². The van der Waals surface area contributed by atoms with Gasteiger partial charge in [0.25, 0.3) is 0 Å². The molecule has 0 amide bonds. The SMILES string of the molecule is C/C=C/C(=C/c1ccc2ccccc2c1C)c1ccc(C#N)cc1. The number of fused-ring (bicyclic) bond motifs is 1. The first-order valence-electron chi connectivity index (χ1n) is 8.06. The van der Waals surface area contributed by atoms with Gasteiger partial charge in [-0.15, -0.1) is 0 Å². The highest BCUT2D eigenvalue weighted by Gasteiger charge is 2.04. The average Bonchev–Trinajstić information content (AvgIpc) is 2.64. The van der Waals surface area contributed by atoms with E-state index in [1.807, 2.05) is 37.3 Å². The van der Waals surface area contributed by atoms with Gasteiger partial charge in [0.1, 0.15) is 0 Å². The molecule has 0 bridgehead atoms. The maximum Gasteiger partial charge on any atom is 0.0991 e.